The number of aromatic nitrogens is 1. The second-order valence-corrected chi connectivity index (χ2v) is 3.34. The molecule has 0 aliphatic carbocycles. The van der Waals surface area contributed by atoms with Crippen LogP contribution in [0.5, 0.6) is 0 Å². The molecule has 0 saturated heterocycles. The Morgan fingerprint density at radius 1 is 1.46 bits per heavy atom. The average molecular weight is 195 g/mol. The highest BCUT2D eigenvalue weighted by atomic mass is 32.1. The Morgan fingerprint density at radius 3 is 2.85 bits per heavy atom. The van der Waals surface area contributed by atoms with Crippen LogP contribution < -0.4 is 5.66 Å². The lowest BCUT2D eigenvalue weighted by Crippen LogP contribution is -2.27. The van der Waals surface area contributed by atoms with E-state index >= 15 is 0 Å². The number of hydrogen-bond acceptors (Lipinski definition) is 5. The van der Waals surface area contributed by atoms with Crippen molar-refractivity contribution in [3.8, 4) is 10.6 Å². The van der Waals surface area contributed by atoms with Crippen LogP contribution in [0.3, 0.4) is 0 Å². The smallest absolute Gasteiger partial charge is 0.472 e. The zero-order valence-electron chi connectivity index (χ0n) is 6.54. The second-order valence-electron chi connectivity index (χ2n) is 2.45. The van der Waals surface area contributed by atoms with Gasteiger partial charge in [-0.2, -0.15) is 0 Å². The normalized spacial score (nSPS) is 10.3. The molecule has 0 unspecified atom stereocenters. The monoisotopic (exact) mass is 195 g/mol. The Kier molecular flexibility index (Phi) is 2.18. The Hall–Kier alpha value is -1.11. The van der Waals surface area contributed by atoms with Gasteiger partial charge in [0.15, 0.2) is 0 Å². The third-order valence-corrected chi connectivity index (χ3v) is 2.38. The van der Waals surface area contributed by atoms with E-state index < -0.39 is 7.12 Å². The molecule has 0 fully saturated rings. The van der Waals surface area contributed by atoms with Gasteiger partial charge in [-0.1, -0.05) is 0 Å². The molecule has 13 heavy (non-hydrogen) atoms. The fraction of sp³-hybridized carbons (Fsp3) is 0. The molecule has 0 aliphatic rings. The summed E-state index contributed by atoms with van der Waals surface area (Å²) in [6.45, 7) is 0. The van der Waals surface area contributed by atoms with Gasteiger partial charge in [-0.25, -0.2) is 4.98 Å². The zero-order valence-corrected chi connectivity index (χ0v) is 7.36. The third-order valence-electron chi connectivity index (χ3n) is 1.55. The molecule has 2 N–H and O–H groups in total. The molecule has 0 amide bonds. The van der Waals surface area contributed by atoms with Crippen LogP contribution in [0.2, 0.25) is 0 Å². The van der Waals surface area contributed by atoms with Crippen LogP contribution in [0.1, 0.15) is 0 Å². The predicted molar refractivity (Wildman–Crippen MR) is 49.6 cm³/mol. The van der Waals surface area contributed by atoms with Crippen LogP contribution in [-0.4, -0.2) is 22.2 Å². The summed E-state index contributed by atoms with van der Waals surface area (Å²) in [7, 11) is -1.56. The van der Waals surface area contributed by atoms with E-state index in [2.05, 4.69) is 4.98 Å². The first-order chi connectivity index (χ1) is 6.27. The molecule has 0 aromatic carbocycles. The highest BCUT2D eigenvalue weighted by Crippen LogP contribution is 2.20. The van der Waals surface area contributed by atoms with Crippen molar-refractivity contribution in [1.29, 1.82) is 0 Å². The number of furan rings is 1. The number of hydrogen-bond donors (Lipinski definition) is 2. The minimum Gasteiger partial charge on any atom is -0.472 e. The van der Waals surface area contributed by atoms with Crippen LogP contribution >= 0.6 is 11.3 Å². The van der Waals surface area contributed by atoms with E-state index in [4.69, 9.17) is 14.5 Å². The van der Waals surface area contributed by atoms with Crippen molar-refractivity contribution in [3.05, 3.63) is 23.9 Å². The molecule has 2 rings (SSSR count). The van der Waals surface area contributed by atoms with Gasteiger partial charge in [0.2, 0.25) is 0 Å². The summed E-state index contributed by atoms with van der Waals surface area (Å²) < 4.78 is 4.92. The fourth-order valence-corrected chi connectivity index (χ4v) is 1.58. The summed E-state index contributed by atoms with van der Waals surface area (Å²) in [5, 5.41) is 20.2. The minimum absolute atomic E-state index is 0.130. The standard InChI is InChI=1S/C7H6BNO3S/c10-8(11)6-3-5(4-12-6)7-9-1-2-13-7/h1-4,10-11H. The molecule has 0 radical (unpaired) electrons. The summed E-state index contributed by atoms with van der Waals surface area (Å²) in [4.78, 5) is 4.05. The van der Waals surface area contributed by atoms with Crippen molar-refractivity contribution in [2.24, 2.45) is 0 Å². The SMILES string of the molecule is OB(O)c1cc(-c2nccs2)co1. The number of nitrogens with zero attached hydrogens (tertiary/aromatic N) is 1. The van der Waals surface area contributed by atoms with Crippen LogP contribution in [0.4, 0.5) is 0 Å². The van der Waals surface area contributed by atoms with Crippen LogP contribution in [-0.2, 0) is 0 Å². The molecule has 66 valence electrons. The van der Waals surface area contributed by atoms with Gasteiger partial charge in [0.1, 0.15) is 10.7 Å². The van der Waals surface area contributed by atoms with Crippen LogP contribution in [0.15, 0.2) is 28.3 Å². The van der Waals surface area contributed by atoms with E-state index in [9.17, 15) is 0 Å². The summed E-state index contributed by atoms with van der Waals surface area (Å²) in [5.41, 5.74) is 0.892. The molecular formula is C7H6BNO3S. The van der Waals surface area contributed by atoms with Gasteiger partial charge in [-0.05, 0) is 6.07 Å². The molecule has 4 nitrogen and oxygen atoms in total. The average Bonchev–Trinajstić information content (AvgIpc) is 2.75. The summed E-state index contributed by atoms with van der Waals surface area (Å²) in [6, 6.07) is 1.56. The van der Waals surface area contributed by atoms with Gasteiger partial charge in [-0.15, -0.1) is 11.3 Å². The van der Waals surface area contributed by atoms with Gasteiger partial charge in [0.05, 0.1) is 6.26 Å². The predicted octanol–water partition coefficient (Wildman–Crippen LogP) is 0.0829. The van der Waals surface area contributed by atoms with Crippen molar-refractivity contribution in [1.82, 2.24) is 4.98 Å². The number of thiazole rings is 1. The summed E-state index contributed by atoms with van der Waals surface area (Å²) in [5.74, 6) is 0. The largest absolute Gasteiger partial charge is 0.526 e. The third kappa shape index (κ3) is 1.64. The van der Waals surface area contributed by atoms with Crippen molar-refractivity contribution < 1.29 is 14.5 Å². The quantitative estimate of drug-likeness (QED) is 0.666. The van der Waals surface area contributed by atoms with E-state index in [1.807, 2.05) is 5.38 Å². The highest BCUT2D eigenvalue weighted by molar-refractivity contribution is 7.13. The van der Waals surface area contributed by atoms with Crippen molar-refractivity contribution in [3.63, 3.8) is 0 Å². The minimum atomic E-state index is -1.56. The lowest BCUT2D eigenvalue weighted by atomic mass is 9.88. The maximum Gasteiger partial charge on any atom is 0.526 e. The first kappa shape index (κ1) is 8.49. The maximum atomic E-state index is 8.78. The second kappa shape index (κ2) is 3.33. The van der Waals surface area contributed by atoms with E-state index in [1.165, 1.54) is 17.6 Å². The van der Waals surface area contributed by atoms with Crippen LogP contribution in [0, 0.1) is 0 Å². The van der Waals surface area contributed by atoms with Crippen molar-refractivity contribution in [2.75, 3.05) is 0 Å². The molecule has 2 heterocycles. The summed E-state index contributed by atoms with van der Waals surface area (Å²) >= 11 is 1.47. The Balaban J connectivity index is 2.33. The molecule has 6 heteroatoms. The number of rotatable bonds is 2. The van der Waals surface area contributed by atoms with Crippen LogP contribution in [0.25, 0.3) is 10.6 Å². The fourth-order valence-electron chi connectivity index (χ4n) is 0.966. The van der Waals surface area contributed by atoms with E-state index in [0.29, 0.717) is 0 Å². The lowest BCUT2D eigenvalue weighted by Gasteiger charge is -1.87. The van der Waals surface area contributed by atoms with Crippen molar-refractivity contribution in [2.45, 2.75) is 0 Å². The lowest BCUT2D eigenvalue weighted by molar-refractivity contribution is 0.409. The Bertz CT molecular complexity index is 384. The maximum absolute atomic E-state index is 8.78. The first-order valence-corrected chi connectivity index (χ1v) is 4.50. The van der Waals surface area contributed by atoms with E-state index in [0.717, 1.165) is 10.6 Å². The zero-order chi connectivity index (χ0) is 9.26. The Labute approximate surface area is 78.6 Å². The van der Waals surface area contributed by atoms with E-state index in [-0.39, 0.29) is 5.66 Å². The highest BCUT2D eigenvalue weighted by Gasteiger charge is 2.17. The Morgan fingerprint density at radius 2 is 2.31 bits per heavy atom. The molecule has 2 aromatic rings. The molecule has 0 atom stereocenters. The van der Waals surface area contributed by atoms with Gasteiger partial charge in [0.25, 0.3) is 0 Å². The van der Waals surface area contributed by atoms with Gasteiger partial charge in [-0.3, -0.25) is 0 Å². The van der Waals surface area contributed by atoms with Gasteiger partial charge >= 0.3 is 7.12 Å². The molecule has 0 aliphatic heterocycles. The molecular weight excluding hydrogens is 189 g/mol. The van der Waals surface area contributed by atoms with Gasteiger partial charge < -0.3 is 14.5 Å². The topological polar surface area (TPSA) is 66.5 Å². The van der Waals surface area contributed by atoms with Crippen molar-refractivity contribution >= 4 is 24.1 Å². The molecule has 0 spiro atoms. The summed E-state index contributed by atoms with van der Waals surface area (Å²) in [6.07, 6.45) is 3.13. The molecule has 0 saturated carbocycles. The molecule has 2 aromatic heterocycles. The van der Waals surface area contributed by atoms with E-state index in [1.54, 1.807) is 12.3 Å². The first-order valence-electron chi connectivity index (χ1n) is 3.62. The molecule has 0 bridgehead atoms. The van der Waals surface area contributed by atoms with Gasteiger partial charge in [0, 0.05) is 17.1 Å².